The summed E-state index contributed by atoms with van der Waals surface area (Å²) in [6, 6.07) is 0. The maximum Gasteiger partial charge on any atom is 0.407 e. The monoisotopic (exact) mass is 254 g/mol. The van der Waals surface area contributed by atoms with Crippen molar-refractivity contribution in [3.63, 3.8) is 0 Å². The highest BCUT2D eigenvalue weighted by Crippen LogP contribution is 2.30. The first kappa shape index (κ1) is 13.2. The van der Waals surface area contributed by atoms with Crippen LogP contribution in [0.5, 0.6) is 0 Å². The van der Waals surface area contributed by atoms with Gasteiger partial charge >= 0.3 is 6.09 Å². The van der Waals surface area contributed by atoms with Crippen LogP contribution in [0.3, 0.4) is 0 Å². The van der Waals surface area contributed by atoms with E-state index in [9.17, 15) is 9.59 Å². The van der Waals surface area contributed by atoms with Gasteiger partial charge in [0.15, 0.2) is 0 Å². The van der Waals surface area contributed by atoms with Gasteiger partial charge in [0.2, 0.25) is 5.91 Å². The van der Waals surface area contributed by atoms with E-state index in [2.05, 4.69) is 26.1 Å². The molecule has 2 fully saturated rings. The van der Waals surface area contributed by atoms with E-state index >= 15 is 0 Å². The smallest absolute Gasteiger partial charge is 0.407 e. The summed E-state index contributed by atoms with van der Waals surface area (Å²) in [7, 11) is 0. The quantitative estimate of drug-likeness (QED) is 0.772. The molecule has 0 saturated carbocycles. The zero-order chi connectivity index (χ0) is 13.4. The van der Waals surface area contributed by atoms with Gasteiger partial charge in [-0.05, 0) is 5.41 Å². The van der Waals surface area contributed by atoms with Crippen LogP contribution in [0.25, 0.3) is 0 Å². The van der Waals surface area contributed by atoms with Gasteiger partial charge in [-0.15, -0.1) is 0 Å². The van der Waals surface area contributed by atoms with Gasteiger partial charge in [-0.1, -0.05) is 20.8 Å². The van der Waals surface area contributed by atoms with E-state index in [0.29, 0.717) is 26.1 Å². The predicted octanol–water partition coefficient (Wildman–Crippen LogP) is 1.52. The van der Waals surface area contributed by atoms with Crippen LogP contribution in [0.1, 0.15) is 40.0 Å². The highest BCUT2D eigenvalue weighted by molar-refractivity contribution is 5.77. The first-order valence-corrected chi connectivity index (χ1v) is 6.54. The Morgan fingerprint density at radius 1 is 1.39 bits per heavy atom. The summed E-state index contributed by atoms with van der Waals surface area (Å²) in [6.07, 6.45) is 1.71. The topological polar surface area (TPSA) is 58.6 Å². The Bertz CT molecular complexity index is 352. The molecule has 5 heteroatoms. The Morgan fingerprint density at radius 2 is 2.00 bits per heavy atom. The summed E-state index contributed by atoms with van der Waals surface area (Å²) in [5.74, 6) is 0.203. The number of piperidine rings is 1. The summed E-state index contributed by atoms with van der Waals surface area (Å²) in [6.45, 7) is 8.15. The molecule has 0 atom stereocenters. The number of likely N-dealkylation sites (tertiary alicyclic amines) is 1. The number of hydrogen-bond acceptors (Lipinski definition) is 3. The first-order valence-electron chi connectivity index (χ1n) is 6.54. The van der Waals surface area contributed by atoms with E-state index in [1.807, 2.05) is 4.90 Å². The summed E-state index contributed by atoms with van der Waals surface area (Å²) in [4.78, 5) is 25.1. The predicted molar refractivity (Wildman–Crippen MR) is 67.1 cm³/mol. The number of carbonyl (C=O) groups excluding carboxylic acids is 2. The van der Waals surface area contributed by atoms with Gasteiger partial charge in [0.05, 0.1) is 6.54 Å². The lowest BCUT2D eigenvalue weighted by Gasteiger charge is -2.38. The van der Waals surface area contributed by atoms with Crippen LogP contribution in [0.15, 0.2) is 0 Å². The van der Waals surface area contributed by atoms with Crippen molar-refractivity contribution in [1.82, 2.24) is 10.2 Å². The SMILES string of the molecule is CC(C)(C)CC(=O)N1CCC2(CC1)CNC(=O)O2. The highest BCUT2D eigenvalue weighted by Gasteiger charge is 2.43. The van der Waals surface area contributed by atoms with Crippen LogP contribution in [0, 0.1) is 5.41 Å². The third-order valence-corrected chi connectivity index (χ3v) is 3.57. The third-order valence-electron chi connectivity index (χ3n) is 3.57. The van der Waals surface area contributed by atoms with E-state index < -0.39 is 0 Å². The molecular weight excluding hydrogens is 232 g/mol. The number of hydrogen-bond donors (Lipinski definition) is 1. The Hall–Kier alpha value is -1.26. The average Bonchev–Trinajstić information content (AvgIpc) is 2.58. The summed E-state index contributed by atoms with van der Waals surface area (Å²) < 4.78 is 5.33. The number of nitrogens with one attached hydrogen (secondary N) is 1. The fourth-order valence-corrected chi connectivity index (χ4v) is 2.51. The van der Waals surface area contributed by atoms with Crippen LogP contribution in [-0.4, -0.2) is 42.1 Å². The van der Waals surface area contributed by atoms with E-state index in [-0.39, 0.29) is 23.0 Å². The maximum absolute atomic E-state index is 12.1. The largest absolute Gasteiger partial charge is 0.441 e. The Morgan fingerprint density at radius 3 is 2.44 bits per heavy atom. The van der Waals surface area contributed by atoms with Crippen molar-refractivity contribution in [1.29, 1.82) is 0 Å². The molecule has 2 amide bonds. The average molecular weight is 254 g/mol. The molecule has 2 aliphatic heterocycles. The van der Waals surface area contributed by atoms with Crippen LogP contribution >= 0.6 is 0 Å². The molecular formula is C13H22N2O3. The molecule has 0 aromatic heterocycles. The normalized spacial score (nSPS) is 22.8. The lowest BCUT2D eigenvalue weighted by Crippen LogP contribution is -2.49. The molecule has 1 spiro atoms. The molecule has 0 radical (unpaired) electrons. The lowest BCUT2D eigenvalue weighted by molar-refractivity contribution is -0.136. The molecule has 2 aliphatic rings. The molecule has 0 unspecified atom stereocenters. The molecule has 0 aromatic carbocycles. The number of ether oxygens (including phenoxy) is 1. The van der Waals surface area contributed by atoms with Gasteiger partial charge in [0.1, 0.15) is 5.60 Å². The second-order valence-corrected chi connectivity index (χ2v) is 6.54. The molecule has 18 heavy (non-hydrogen) atoms. The van der Waals surface area contributed by atoms with Gasteiger partial charge in [0.25, 0.3) is 0 Å². The fraction of sp³-hybridized carbons (Fsp3) is 0.846. The van der Waals surface area contributed by atoms with E-state index in [1.54, 1.807) is 0 Å². The minimum atomic E-state index is -0.365. The van der Waals surface area contributed by atoms with Crippen molar-refractivity contribution in [2.24, 2.45) is 5.41 Å². The van der Waals surface area contributed by atoms with Gasteiger partial charge in [-0.2, -0.15) is 0 Å². The molecule has 2 heterocycles. The van der Waals surface area contributed by atoms with Crippen LogP contribution in [0.4, 0.5) is 4.79 Å². The minimum Gasteiger partial charge on any atom is -0.441 e. The van der Waals surface area contributed by atoms with Crippen molar-refractivity contribution in [2.45, 2.75) is 45.6 Å². The van der Waals surface area contributed by atoms with Gasteiger partial charge in [-0.25, -0.2) is 4.79 Å². The summed E-state index contributed by atoms with van der Waals surface area (Å²) >= 11 is 0. The van der Waals surface area contributed by atoms with Crippen LogP contribution < -0.4 is 5.32 Å². The van der Waals surface area contributed by atoms with Crippen LogP contribution in [0.2, 0.25) is 0 Å². The Labute approximate surface area is 108 Å². The standard InChI is InChI=1S/C13H22N2O3/c1-12(2,3)8-10(16)15-6-4-13(5-7-15)9-14-11(17)18-13/h4-9H2,1-3H3,(H,14,17). The third kappa shape index (κ3) is 2.94. The van der Waals surface area contributed by atoms with Gasteiger partial charge in [-0.3, -0.25) is 4.79 Å². The van der Waals surface area contributed by atoms with E-state index in [4.69, 9.17) is 4.74 Å². The molecule has 2 saturated heterocycles. The van der Waals surface area contributed by atoms with Gasteiger partial charge in [0, 0.05) is 32.4 Å². The molecule has 102 valence electrons. The molecule has 2 rings (SSSR count). The van der Waals surface area contributed by atoms with Gasteiger partial charge < -0.3 is 15.0 Å². The summed E-state index contributed by atoms with van der Waals surface area (Å²) in [5.41, 5.74) is -0.344. The number of carbonyl (C=O) groups is 2. The molecule has 0 aromatic rings. The Balaban J connectivity index is 1.87. The van der Waals surface area contributed by atoms with Crippen molar-refractivity contribution < 1.29 is 14.3 Å². The first-order chi connectivity index (χ1) is 8.30. The Kier molecular flexibility index (Phi) is 3.25. The lowest BCUT2D eigenvalue weighted by atomic mass is 9.89. The zero-order valence-electron chi connectivity index (χ0n) is 11.4. The van der Waals surface area contributed by atoms with Crippen molar-refractivity contribution in [3.8, 4) is 0 Å². The van der Waals surface area contributed by atoms with Crippen LogP contribution in [-0.2, 0) is 9.53 Å². The molecule has 0 aliphatic carbocycles. The minimum absolute atomic E-state index is 0.0214. The van der Waals surface area contributed by atoms with Crippen molar-refractivity contribution >= 4 is 12.0 Å². The second-order valence-electron chi connectivity index (χ2n) is 6.54. The van der Waals surface area contributed by atoms with E-state index in [0.717, 1.165) is 12.8 Å². The molecule has 1 N–H and O–H groups in total. The maximum atomic E-state index is 12.1. The number of rotatable bonds is 1. The van der Waals surface area contributed by atoms with E-state index in [1.165, 1.54) is 0 Å². The number of alkyl carbamates (subject to hydrolysis) is 1. The number of amides is 2. The zero-order valence-corrected chi connectivity index (χ0v) is 11.4. The van der Waals surface area contributed by atoms with Crippen molar-refractivity contribution in [2.75, 3.05) is 19.6 Å². The summed E-state index contributed by atoms with van der Waals surface area (Å²) in [5, 5.41) is 2.70. The highest BCUT2D eigenvalue weighted by atomic mass is 16.6. The molecule has 0 bridgehead atoms. The van der Waals surface area contributed by atoms with Crippen molar-refractivity contribution in [3.05, 3.63) is 0 Å². The molecule has 5 nitrogen and oxygen atoms in total. The fourth-order valence-electron chi connectivity index (χ4n) is 2.51. The second kappa shape index (κ2) is 4.44. The number of nitrogens with zero attached hydrogens (tertiary/aromatic N) is 1.